The zero-order valence-electron chi connectivity index (χ0n) is 18.5. The van der Waals surface area contributed by atoms with Crippen molar-refractivity contribution in [3.63, 3.8) is 0 Å². The van der Waals surface area contributed by atoms with Crippen molar-refractivity contribution < 1.29 is 28.2 Å². The maximum Gasteiger partial charge on any atom is 0.276 e. The lowest BCUT2D eigenvalue weighted by atomic mass is 10.1. The van der Waals surface area contributed by atoms with Gasteiger partial charge in [-0.25, -0.2) is 13.1 Å². The molecule has 33 heavy (non-hydrogen) atoms. The second-order valence-electron chi connectivity index (χ2n) is 8.19. The fourth-order valence-corrected chi connectivity index (χ4v) is 4.58. The molecule has 1 aromatic heterocycles. The Bertz CT molecular complexity index is 1310. The van der Waals surface area contributed by atoms with Crippen molar-refractivity contribution in [1.82, 2.24) is 9.29 Å². The number of aliphatic hydroxyl groups is 2. The predicted molar refractivity (Wildman–Crippen MR) is 119 cm³/mol. The number of nitrogens with zero attached hydrogens (tertiary/aromatic N) is 2. The molecule has 0 fully saturated rings. The van der Waals surface area contributed by atoms with E-state index in [2.05, 4.69) is 21.9 Å². The normalized spacial score (nSPS) is 17.9. The van der Waals surface area contributed by atoms with Gasteiger partial charge in [-0.05, 0) is 38.5 Å². The number of sulfonamides is 1. The number of hydrogen-bond acceptors (Lipinski definition) is 7. The van der Waals surface area contributed by atoms with E-state index in [0.29, 0.717) is 11.3 Å². The monoisotopic (exact) mass is 472 g/mol. The highest BCUT2D eigenvalue weighted by molar-refractivity contribution is 7.89. The zero-order chi connectivity index (χ0) is 24.6. The molecule has 2 heterocycles. The minimum atomic E-state index is -4.16. The number of aryl methyl sites for hydroxylation is 2. The van der Waals surface area contributed by atoms with Gasteiger partial charge in [0.05, 0.1) is 17.7 Å². The van der Waals surface area contributed by atoms with E-state index in [9.17, 15) is 28.7 Å². The summed E-state index contributed by atoms with van der Waals surface area (Å²) in [5, 5.41) is 31.9. The number of fused-ring (bicyclic) bond motifs is 1. The smallest absolute Gasteiger partial charge is 0.276 e. The molecule has 2 atom stereocenters. The maximum absolute atomic E-state index is 13.0. The summed E-state index contributed by atoms with van der Waals surface area (Å²) in [4.78, 5) is 12.7. The van der Waals surface area contributed by atoms with E-state index in [4.69, 9.17) is 4.74 Å². The molecule has 1 amide bonds. The van der Waals surface area contributed by atoms with Crippen LogP contribution in [0, 0.1) is 30.1 Å². The molecule has 4 N–H and O–H groups in total. The highest BCUT2D eigenvalue weighted by Crippen LogP contribution is 2.33. The molecule has 0 radical (unpaired) electrons. The van der Waals surface area contributed by atoms with Gasteiger partial charge < -0.3 is 24.8 Å². The molecule has 0 unspecified atom stereocenters. The Morgan fingerprint density at radius 2 is 2.12 bits per heavy atom. The van der Waals surface area contributed by atoms with Crippen LogP contribution >= 0.6 is 0 Å². The number of hydrogen-bond donors (Lipinski definition) is 4. The van der Waals surface area contributed by atoms with Crippen molar-refractivity contribution in [2.45, 2.75) is 43.4 Å². The van der Waals surface area contributed by atoms with Gasteiger partial charge in [0.2, 0.25) is 10.0 Å². The zero-order valence-corrected chi connectivity index (χ0v) is 19.3. The number of benzene rings is 1. The van der Waals surface area contributed by atoms with Gasteiger partial charge in [-0.1, -0.05) is 17.9 Å². The largest absolute Gasteiger partial charge is 0.488 e. The number of aromatic nitrogens is 1. The fraction of sp³-hybridized carbons (Fsp3) is 0.364. The van der Waals surface area contributed by atoms with Crippen LogP contribution in [0.4, 0.5) is 5.69 Å². The van der Waals surface area contributed by atoms with E-state index in [1.54, 1.807) is 19.1 Å². The maximum atomic E-state index is 13.0. The summed E-state index contributed by atoms with van der Waals surface area (Å²) < 4.78 is 35.1. The second kappa shape index (κ2) is 8.89. The van der Waals surface area contributed by atoms with E-state index < -0.39 is 33.7 Å². The topological polar surface area (TPSA) is 154 Å². The summed E-state index contributed by atoms with van der Waals surface area (Å²) in [6.07, 6.45) is -0.224. The predicted octanol–water partition coefficient (Wildman–Crippen LogP) is 0.632. The van der Waals surface area contributed by atoms with Crippen molar-refractivity contribution in [3.05, 3.63) is 41.2 Å². The van der Waals surface area contributed by atoms with Crippen LogP contribution in [0.3, 0.4) is 0 Å². The van der Waals surface area contributed by atoms with Crippen LogP contribution in [0.25, 0.3) is 0 Å². The average molecular weight is 473 g/mol. The highest BCUT2D eigenvalue weighted by atomic mass is 32.2. The molecule has 1 aliphatic rings. The van der Waals surface area contributed by atoms with Crippen molar-refractivity contribution >= 4 is 21.6 Å². The first-order valence-electron chi connectivity index (χ1n) is 9.92. The summed E-state index contributed by atoms with van der Waals surface area (Å²) >= 11 is 0. The van der Waals surface area contributed by atoms with Gasteiger partial charge in [-0.2, -0.15) is 5.26 Å². The van der Waals surface area contributed by atoms with Gasteiger partial charge in [-0.3, -0.25) is 4.79 Å². The van der Waals surface area contributed by atoms with Crippen molar-refractivity contribution in [3.8, 4) is 23.7 Å². The summed E-state index contributed by atoms with van der Waals surface area (Å²) in [5.74, 6) is 4.04. The minimum Gasteiger partial charge on any atom is -0.488 e. The summed E-state index contributed by atoms with van der Waals surface area (Å²) in [7, 11) is -2.66. The molecule has 10 nitrogen and oxygen atoms in total. The van der Waals surface area contributed by atoms with E-state index >= 15 is 0 Å². The number of rotatable bonds is 3. The third kappa shape index (κ3) is 5.35. The lowest BCUT2D eigenvalue weighted by Crippen LogP contribution is -2.45. The molecule has 0 spiro atoms. The first-order chi connectivity index (χ1) is 15.3. The van der Waals surface area contributed by atoms with Gasteiger partial charge >= 0.3 is 0 Å². The Kier molecular flexibility index (Phi) is 6.54. The standard InChI is InChI=1S/C22H24N4O6S/c1-13-5-6-15(9-14(13)10-23)24-21(28)19-20-18(11-26(19)4)33(30,31)25-16(12-32-20)17(27)7-8-22(2,3)29/h5-6,9,11,16-17,25,27,29H,12H2,1-4H3,(H,24,28)/t16-,17-/m0/s1. The molecule has 174 valence electrons. The molecule has 3 rings (SSSR count). The number of amides is 1. The van der Waals surface area contributed by atoms with Crippen LogP contribution in [-0.4, -0.2) is 53.5 Å². The van der Waals surface area contributed by atoms with Crippen LogP contribution in [0.2, 0.25) is 0 Å². The summed E-state index contributed by atoms with van der Waals surface area (Å²) in [5.41, 5.74) is 0.0863. The molecular weight excluding hydrogens is 448 g/mol. The van der Waals surface area contributed by atoms with E-state index in [1.165, 1.54) is 37.7 Å². The Balaban J connectivity index is 1.92. The number of anilines is 1. The molecule has 11 heteroatoms. The first kappa shape index (κ1) is 24.3. The van der Waals surface area contributed by atoms with Crippen molar-refractivity contribution in [2.75, 3.05) is 11.9 Å². The quantitative estimate of drug-likeness (QED) is 0.478. The van der Waals surface area contributed by atoms with Gasteiger partial charge in [0.25, 0.3) is 5.91 Å². The number of nitriles is 1. The summed E-state index contributed by atoms with van der Waals surface area (Å²) in [6, 6.07) is 5.74. The third-order valence-corrected chi connectivity index (χ3v) is 6.33. The molecule has 2 aromatic rings. The van der Waals surface area contributed by atoms with Crippen LogP contribution in [0.1, 0.15) is 35.5 Å². The molecular formula is C22H24N4O6S. The lowest BCUT2D eigenvalue weighted by Gasteiger charge is -2.18. The van der Waals surface area contributed by atoms with E-state index in [1.807, 2.05) is 6.07 Å². The lowest BCUT2D eigenvalue weighted by molar-refractivity contribution is 0.101. The Morgan fingerprint density at radius 1 is 1.42 bits per heavy atom. The SMILES string of the molecule is Cc1ccc(NC(=O)c2c3c(cn2C)S(=O)(=O)N[C@H]([C@@H](O)C#CC(C)(C)O)CO3)cc1C#N. The second-order valence-corrected chi connectivity index (χ2v) is 9.87. The van der Waals surface area contributed by atoms with Crippen LogP contribution in [0.15, 0.2) is 29.3 Å². The number of carbonyl (C=O) groups is 1. The van der Waals surface area contributed by atoms with E-state index in [-0.39, 0.29) is 22.9 Å². The van der Waals surface area contributed by atoms with Gasteiger partial charge in [0.1, 0.15) is 23.2 Å². The van der Waals surface area contributed by atoms with E-state index in [0.717, 1.165) is 5.56 Å². The van der Waals surface area contributed by atoms with Crippen LogP contribution in [0.5, 0.6) is 5.75 Å². The summed E-state index contributed by atoms with van der Waals surface area (Å²) in [6.45, 7) is 4.31. The average Bonchev–Trinajstić information content (AvgIpc) is 3.00. The molecule has 1 aliphatic heterocycles. The minimum absolute atomic E-state index is 0.0489. The number of carbonyl (C=O) groups excluding carboxylic acids is 1. The molecule has 0 aliphatic carbocycles. The fourth-order valence-electron chi connectivity index (χ4n) is 3.16. The van der Waals surface area contributed by atoms with Gasteiger partial charge in [0.15, 0.2) is 11.4 Å². The van der Waals surface area contributed by atoms with Gasteiger partial charge in [0, 0.05) is 18.9 Å². The Hall–Kier alpha value is -3.35. The molecule has 1 aromatic carbocycles. The third-order valence-electron chi connectivity index (χ3n) is 4.84. The molecule has 0 saturated carbocycles. The first-order valence-corrected chi connectivity index (χ1v) is 11.4. The highest BCUT2D eigenvalue weighted by Gasteiger charge is 2.36. The molecule has 0 bridgehead atoms. The Morgan fingerprint density at radius 3 is 2.76 bits per heavy atom. The van der Waals surface area contributed by atoms with Crippen molar-refractivity contribution in [1.29, 1.82) is 5.26 Å². The number of ether oxygens (including phenoxy) is 1. The van der Waals surface area contributed by atoms with Crippen LogP contribution < -0.4 is 14.8 Å². The van der Waals surface area contributed by atoms with Crippen LogP contribution in [-0.2, 0) is 17.1 Å². The van der Waals surface area contributed by atoms with Crippen molar-refractivity contribution in [2.24, 2.45) is 7.05 Å². The van der Waals surface area contributed by atoms with Gasteiger partial charge in [-0.15, -0.1) is 0 Å². The Labute approximate surface area is 191 Å². The molecule has 0 saturated heterocycles. The number of aliphatic hydroxyl groups excluding tert-OH is 1. The number of nitrogens with one attached hydrogen (secondary N) is 2.